The van der Waals surface area contributed by atoms with Gasteiger partial charge in [-0.05, 0) is 37.1 Å². The Balaban J connectivity index is 1.13. The largest absolute Gasteiger partial charge is 0.355 e. The zero-order chi connectivity index (χ0) is 26.8. The van der Waals surface area contributed by atoms with Gasteiger partial charge in [-0.15, -0.1) is 11.3 Å². The number of hydrogen-bond acceptors (Lipinski definition) is 8. The molecule has 40 heavy (non-hydrogen) atoms. The van der Waals surface area contributed by atoms with Gasteiger partial charge in [0.25, 0.3) is 5.91 Å². The van der Waals surface area contributed by atoms with Crippen LogP contribution in [0, 0.1) is 11.2 Å². The van der Waals surface area contributed by atoms with Gasteiger partial charge in [-0.2, -0.15) is 5.10 Å². The fourth-order valence-corrected chi connectivity index (χ4v) is 6.69. The van der Waals surface area contributed by atoms with Crippen LogP contribution >= 0.6 is 11.3 Å². The van der Waals surface area contributed by atoms with Crippen LogP contribution in [0.5, 0.6) is 0 Å². The molecule has 3 aliphatic rings. The number of anilines is 2. The number of carbonyl (C=O) groups excluding carboxylic acids is 1. The third-order valence-electron chi connectivity index (χ3n) is 8.30. The van der Waals surface area contributed by atoms with Gasteiger partial charge in [0.15, 0.2) is 11.2 Å². The SMILES string of the molecule is O=C(Nc1nccs1)C(c1ncn2c1CCC2)n1cc2c(F)c(-c3ccc(N4CC5(CNC5)C4)nc3)ccc2n1. The van der Waals surface area contributed by atoms with E-state index in [-0.39, 0.29) is 5.91 Å². The van der Waals surface area contributed by atoms with Gasteiger partial charge in [-0.1, -0.05) is 0 Å². The molecule has 4 aromatic heterocycles. The first kappa shape index (κ1) is 23.7. The quantitative estimate of drug-likeness (QED) is 0.331. The Morgan fingerprint density at radius 1 is 1.15 bits per heavy atom. The van der Waals surface area contributed by atoms with Crippen molar-refractivity contribution in [3.05, 3.63) is 71.8 Å². The lowest BCUT2D eigenvalue weighted by Crippen LogP contribution is -2.71. The van der Waals surface area contributed by atoms with E-state index in [1.807, 2.05) is 12.1 Å². The molecule has 3 aliphatic heterocycles. The maximum Gasteiger partial charge on any atom is 0.257 e. The summed E-state index contributed by atoms with van der Waals surface area (Å²) in [6.07, 6.45) is 8.56. The number of imidazole rings is 1. The number of aromatic nitrogens is 6. The maximum atomic E-state index is 16.0. The van der Waals surface area contributed by atoms with Gasteiger partial charge >= 0.3 is 0 Å². The van der Waals surface area contributed by atoms with Crippen molar-refractivity contribution in [1.82, 2.24) is 34.6 Å². The number of benzene rings is 1. The van der Waals surface area contributed by atoms with E-state index < -0.39 is 11.9 Å². The van der Waals surface area contributed by atoms with Crippen molar-refractivity contribution < 1.29 is 9.18 Å². The second kappa shape index (κ2) is 8.93. The zero-order valence-corrected chi connectivity index (χ0v) is 22.4. The molecular formula is C28H26FN9OS. The number of thiazole rings is 1. The normalized spacial score (nSPS) is 18.0. The fourth-order valence-electron chi connectivity index (χ4n) is 6.15. The highest BCUT2D eigenvalue weighted by Crippen LogP contribution is 2.37. The minimum absolute atomic E-state index is 0.318. The van der Waals surface area contributed by atoms with Crippen molar-refractivity contribution in [2.24, 2.45) is 5.41 Å². The Labute approximate surface area is 232 Å². The third kappa shape index (κ3) is 3.74. The van der Waals surface area contributed by atoms with E-state index in [0.717, 1.165) is 57.1 Å². The lowest BCUT2D eigenvalue weighted by atomic mass is 9.74. The monoisotopic (exact) mass is 555 g/mol. The molecule has 5 aromatic rings. The van der Waals surface area contributed by atoms with Gasteiger partial charge < -0.3 is 14.8 Å². The van der Waals surface area contributed by atoms with Crippen LogP contribution in [0.25, 0.3) is 22.0 Å². The molecule has 1 unspecified atom stereocenters. The van der Waals surface area contributed by atoms with Crippen molar-refractivity contribution in [3.8, 4) is 11.1 Å². The third-order valence-corrected chi connectivity index (χ3v) is 8.99. The van der Waals surface area contributed by atoms with Crippen molar-refractivity contribution in [2.75, 3.05) is 36.4 Å². The highest BCUT2D eigenvalue weighted by molar-refractivity contribution is 7.13. The number of hydrogen-bond donors (Lipinski definition) is 2. The second-order valence-corrected chi connectivity index (χ2v) is 11.8. The van der Waals surface area contributed by atoms with Crippen LogP contribution < -0.4 is 15.5 Å². The zero-order valence-electron chi connectivity index (χ0n) is 21.5. The molecule has 0 aliphatic carbocycles. The number of rotatable bonds is 6. The average molecular weight is 556 g/mol. The van der Waals surface area contributed by atoms with Gasteiger partial charge in [0.05, 0.1) is 22.9 Å². The summed E-state index contributed by atoms with van der Waals surface area (Å²) in [5.41, 5.74) is 3.65. The standard InChI is InChI=1S/C28H26FN9OS/c29-23-18(17-3-6-22(32-10-17)37-14-28(15-37)12-30-13-28)4-5-20-19(23)11-38(35-20)25(26(39)34-27-31-7-9-40-27)24-21-2-1-8-36(21)16-33-24/h3-7,9-11,16,25,30H,1-2,8,12-15H2,(H,31,34,39). The van der Waals surface area contributed by atoms with E-state index >= 15 is 4.39 Å². The van der Waals surface area contributed by atoms with Crippen molar-refractivity contribution in [3.63, 3.8) is 0 Å². The number of pyridine rings is 1. The van der Waals surface area contributed by atoms with Crippen LogP contribution in [-0.2, 0) is 17.8 Å². The fraction of sp³-hybridized carbons (Fsp3) is 0.321. The van der Waals surface area contributed by atoms with E-state index in [9.17, 15) is 4.79 Å². The highest BCUT2D eigenvalue weighted by atomic mass is 32.1. The first-order chi connectivity index (χ1) is 19.6. The molecule has 2 N–H and O–H groups in total. The van der Waals surface area contributed by atoms with Crippen LogP contribution in [0.2, 0.25) is 0 Å². The summed E-state index contributed by atoms with van der Waals surface area (Å²) in [5, 5.41) is 13.5. The summed E-state index contributed by atoms with van der Waals surface area (Å²) >= 11 is 1.34. The smallest absolute Gasteiger partial charge is 0.257 e. The molecule has 202 valence electrons. The molecule has 1 spiro atoms. The van der Waals surface area contributed by atoms with Gasteiger partial charge in [0.2, 0.25) is 0 Å². The molecule has 7 heterocycles. The number of aryl methyl sites for hydroxylation is 1. The summed E-state index contributed by atoms with van der Waals surface area (Å²) in [4.78, 5) is 29.2. The molecule has 10 nitrogen and oxygen atoms in total. The Bertz CT molecular complexity index is 1730. The average Bonchev–Trinajstić information content (AvgIpc) is 3.70. The van der Waals surface area contributed by atoms with E-state index in [1.54, 1.807) is 42.4 Å². The first-order valence-electron chi connectivity index (χ1n) is 13.4. The summed E-state index contributed by atoms with van der Waals surface area (Å²) in [6.45, 7) is 5.01. The van der Waals surface area contributed by atoms with E-state index in [1.165, 1.54) is 16.0 Å². The molecule has 1 amide bonds. The van der Waals surface area contributed by atoms with Crippen LogP contribution in [0.1, 0.15) is 23.9 Å². The molecule has 8 rings (SSSR count). The lowest BCUT2D eigenvalue weighted by Gasteiger charge is -2.56. The number of nitrogens with one attached hydrogen (secondary N) is 2. The molecule has 2 fully saturated rings. The summed E-state index contributed by atoms with van der Waals surface area (Å²) in [7, 11) is 0. The topological polar surface area (TPSA) is 106 Å². The van der Waals surface area contributed by atoms with Crippen LogP contribution in [0.3, 0.4) is 0 Å². The van der Waals surface area contributed by atoms with Crippen molar-refractivity contribution in [1.29, 1.82) is 0 Å². The molecule has 0 saturated carbocycles. The Morgan fingerprint density at radius 3 is 2.80 bits per heavy atom. The van der Waals surface area contributed by atoms with E-state index in [0.29, 0.717) is 38.3 Å². The van der Waals surface area contributed by atoms with Gasteiger partial charge in [0.1, 0.15) is 11.6 Å². The highest BCUT2D eigenvalue weighted by Gasteiger charge is 2.47. The van der Waals surface area contributed by atoms with Gasteiger partial charge in [-0.3, -0.25) is 14.8 Å². The molecule has 2 saturated heterocycles. The summed E-state index contributed by atoms with van der Waals surface area (Å²) < 4.78 is 19.6. The van der Waals surface area contributed by atoms with E-state index in [4.69, 9.17) is 0 Å². The number of amides is 1. The number of fused-ring (bicyclic) bond motifs is 2. The first-order valence-corrected chi connectivity index (χ1v) is 14.3. The second-order valence-electron chi connectivity index (χ2n) is 10.9. The number of nitrogens with zero attached hydrogens (tertiary/aromatic N) is 7. The van der Waals surface area contributed by atoms with Gasteiger partial charge in [-0.25, -0.2) is 19.3 Å². The summed E-state index contributed by atoms with van der Waals surface area (Å²) in [5.74, 6) is 0.204. The van der Waals surface area contributed by atoms with Crippen molar-refractivity contribution >= 4 is 39.1 Å². The molecular weight excluding hydrogens is 529 g/mol. The van der Waals surface area contributed by atoms with Crippen LogP contribution in [-0.4, -0.2) is 61.4 Å². The predicted molar refractivity (Wildman–Crippen MR) is 150 cm³/mol. The van der Waals surface area contributed by atoms with Crippen LogP contribution in [0.15, 0.2) is 54.6 Å². The number of carbonyl (C=O) groups is 1. The van der Waals surface area contributed by atoms with Crippen LogP contribution in [0.4, 0.5) is 15.3 Å². The van der Waals surface area contributed by atoms with Crippen molar-refractivity contribution in [2.45, 2.75) is 25.4 Å². The Kier molecular flexibility index (Phi) is 5.29. The molecule has 1 aromatic carbocycles. The lowest BCUT2D eigenvalue weighted by molar-refractivity contribution is -0.118. The maximum absolute atomic E-state index is 16.0. The minimum atomic E-state index is -0.861. The minimum Gasteiger partial charge on any atom is -0.355 e. The van der Waals surface area contributed by atoms with Gasteiger partial charge in [0, 0.05) is 78.9 Å². The molecule has 12 heteroatoms. The predicted octanol–water partition coefficient (Wildman–Crippen LogP) is 3.47. The molecule has 1 atom stereocenters. The molecule has 0 radical (unpaired) electrons. The number of halogens is 1. The molecule has 0 bridgehead atoms. The Hall–Kier alpha value is -4.16. The Morgan fingerprint density at radius 2 is 2.05 bits per heavy atom. The van der Waals surface area contributed by atoms with E-state index in [2.05, 4.69) is 40.2 Å². The summed E-state index contributed by atoms with van der Waals surface area (Å²) in [6, 6.07) is 6.52.